The second-order valence-corrected chi connectivity index (χ2v) is 33.4. The van der Waals surface area contributed by atoms with E-state index in [4.69, 9.17) is 0 Å². The summed E-state index contributed by atoms with van der Waals surface area (Å²) in [4.78, 5) is 0. The molecule has 2 radical (unpaired) electrons. The van der Waals surface area contributed by atoms with Crippen LogP contribution in [0.25, 0.3) is 36.6 Å². The third-order valence-electron chi connectivity index (χ3n) is 13.3. The van der Waals surface area contributed by atoms with E-state index in [1.165, 1.54) is 79.6 Å². The normalized spacial score (nSPS) is 15.2. The Labute approximate surface area is 408 Å². The van der Waals surface area contributed by atoms with Crippen LogP contribution >= 0.6 is 0 Å². The molecule has 0 saturated carbocycles. The molecule has 322 valence electrons. The van der Waals surface area contributed by atoms with Gasteiger partial charge in [-0.05, 0) is 0 Å². The summed E-state index contributed by atoms with van der Waals surface area (Å²) in [7, 11) is 0. The molecular weight excluding hydrogens is 1010 g/mol. The van der Waals surface area contributed by atoms with Gasteiger partial charge in [-0.15, -0.1) is 0 Å². The topological polar surface area (TPSA) is 0 Å². The number of hydrogen-bond donors (Lipinski definition) is 0. The van der Waals surface area contributed by atoms with E-state index in [1.54, 1.807) is 14.4 Å². The Morgan fingerprint density at radius 2 is 0.394 bits per heavy atom. The van der Waals surface area contributed by atoms with Crippen molar-refractivity contribution < 1.29 is 0 Å². The molecule has 2 aliphatic heterocycles. The van der Waals surface area contributed by atoms with Crippen LogP contribution in [-0.2, 0) is 0 Å². The molecule has 2 heteroatoms. The fourth-order valence-electron chi connectivity index (χ4n) is 9.88. The summed E-state index contributed by atoms with van der Waals surface area (Å²) in [5.41, 5.74) is 16.8. The summed E-state index contributed by atoms with van der Waals surface area (Å²) in [6, 6.07) is 89.1. The van der Waals surface area contributed by atoms with Gasteiger partial charge in [0.25, 0.3) is 0 Å². The van der Waals surface area contributed by atoms with Crippen molar-refractivity contribution in [3.8, 4) is 0 Å². The maximum atomic E-state index is 2.50. The zero-order chi connectivity index (χ0) is 45.2. The van der Waals surface area contributed by atoms with Gasteiger partial charge in [0, 0.05) is 0 Å². The minimum absolute atomic E-state index is 0.706. The van der Waals surface area contributed by atoms with Gasteiger partial charge in [0.05, 0.1) is 0 Å². The number of hydrogen-bond acceptors (Lipinski definition) is 0. The van der Waals surface area contributed by atoms with Crippen molar-refractivity contribution in [1.82, 2.24) is 0 Å². The molecule has 0 fully saturated rings. The maximum absolute atomic E-state index is 2.50. The Hall–Kier alpha value is -5.68. The van der Waals surface area contributed by atoms with E-state index in [9.17, 15) is 0 Å². The Kier molecular flexibility index (Phi) is 15.0. The Morgan fingerprint density at radius 1 is 0.242 bits per heavy atom. The molecule has 8 aromatic rings. The summed E-state index contributed by atoms with van der Waals surface area (Å²) in [6.07, 6.45) is 2.43. The molecule has 0 N–H and O–H groups in total. The Bertz CT molecular complexity index is 2550. The van der Waals surface area contributed by atoms with Crippen LogP contribution in [0, 0.1) is 0 Å². The van der Waals surface area contributed by atoms with Gasteiger partial charge in [-0.25, -0.2) is 0 Å². The second kappa shape index (κ2) is 21.7. The van der Waals surface area contributed by atoms with Crippen LogP contribution in [0.1, 0.15) is 85.0 Å². The van der Waals surface area contributed by atoms with Gasteiger partial charge in [-0.1, -0.05) is 0 Å². The van der Waals surface area contributed by atoms with Gasteiger partial charge in [-0.2, -0.15) is 0 Å². The van der Waals surface area contributed by atoms with Crippen molar-refractivity contribution in [3.05, 3.63) is 287 Å². The predicted octanol–water partition coefficient (Wildman–Crippen LogP) is 17.2. The molecule has 0 bridgehead atoms. The summed E-state index contributed by atoms with van der Waals surface area (Å²) in [5, 5.41) is 0. The molecule has 2 aliphatic rings. The van der Waals surface area contributed by atoms with Gasteiger partial charge in [0.15, 0.2) is 0 Å². The van der Waals surface area contributed by atoms with Crippen molar-refractivity contribution in [3.63, 3.8) is 0 Å². The average molecular weight is 1060 g/mol. The molecule has 0 nitrogen and oxygen atoms in total. The van der Waals surface area contributed by atoms with Crippen LogP contribution in [0.4, 0.5) is 0 Å². The molecule has 66 heavy (non-hydrogen) atoms. The first-order chi connectivity index (χ1) is 32.6. The van der Waals surface area contributed by atoms with Gasteiger partial charge in [0.2, 0.25) is 0 Å². The first-order valence-electron chi connectivity index (χ1n) is 23.7. The Balaban J connectivity index is 0.000000166. The summed E-state index contributed by atoms with van der Waals surface area (Å²) in [6.45, 7) is 9.73. The van der Waals surface area contributed by atoms with E-state index in [0.29, 0.717) is 7.87 Å². The molecule has 10 rings (SSSR count). The van der Waals surface area contributed by atoms with Crippen molar-refractivity contribution in [2.24, 2.45) is 0 Å². The average Bonchev–Trinajstić information content (AvgIpc) is 3.96. The summed E-state index contributed by atoms with van der Waals surface area (Å²) >= 11 is -4.67. The van der Waals surface area contributed by atoms with E-state index in [-0.39, 0.29) is 0 Å². The fourth-order valence-corrected chi connectivity index (χ4v) is 30.9. The molecule has 0 spiro atoms. The monoisotopic (exact) mass is 1070 g/mol. The first-order valence-corrected chi connectivity index (χ1v) is 32.8. The van der Waals surface area contributed by atoms with Gasteiger partial charge in [0.1, 0.15) is 0 Å². The SMILES string of the molecule is CC[CH](C)[Sn]1[C](c2ccccc2)=C(c2ccccc2)C(c2ccccc2)=[C]1c1ccccc1.CC[CH](C)[Sn]1[C](c2ccccc2)=C(c2ccccc2)C(c2ccccc2)=[C]1c1ccccc1. The van der Waals surface area contributed by atoms with Crippen molar-refractivity contribution in [2.75, 3.05) is 0 Å². The van der Waals surface area contributed by atoms with Crippen LogP contribution in [0.5, 0.6) is 0 Å². The van der Waals surface area contributed by atoms with Crippen LogP contribution in [0.3, 0.4) is 0 Å². The Morgan fingerprint density at radius 3 is 0.545 bits per heavy atom. The molecule has 0 amide bonds. The predicted molar refractivity (Wildman–Crippen MR) is 290 cm³/mol. The zero-order valence-electron chi connectivity index (χ0n) is 38.7. The molecule has 0 saturated heterocycles. The third kappa shape index (κ3) is 9.46. The number of benzene rings is 8. The molecule has 0 aliphatic carbocycles. The zero-order valence-corrected chi connectivity index (χ0v) is 44.4. The fraction of sp³-hybridized carbons (Fsp3) is 0.125. The third-order valence-corrected chi connectivity index (χ3v) is 33.5. The molecule has 8 aromatic carbocycles. The quantitative estimate of drug-likeness (QED) is 0.107. The van der Waals surface area contributed by atoms with E-state index in [1.807, 2.05) is 0 Å². The molecule has 2 unspecified atom stereocenters. The van der Waals surface area contributed by atoms with Crippen LogP contribution in [0.15, 0.2) is 243 Å². The summed E-state index contributed by atoms with van der Waals surface area (Å²) < 4.78 is 8.01. The van der Waals surface area contributed by atoms with Crippen LogP contribution < -0.4 is 0 Å². The van der Waals surface area contributed by atoms with E-state index in [0.717, 1.165) is 0 Å². The first kappa shape index (κ1) is 45.5. The van der Waals surface area contributed by atoms with E-state index in [2.05, 4.69) is 270 Å². The van der Waals surface area contributed by atoms with Crippen molar-refractivity contribution in [2.45, 2.75) is 48.4 Å². The van der Waals surface area contributed by atoms with Gasteiger partial charge >= 0.3 is 412 Å². The number of allylic oxidation sites excluding steroid dienone is 4. The molecular formula is C64H58Sn2. The van der Waals surface area contributed by atoms with Crippen molar-refractivity contribution in [1.29, 1.82) is 0 Å². The van der Waals surface area contributed by atoms with Crippen LogP contribution in [0.2, 0.25) is 7.87 Å². The van der Waals surface area contributed by atoms with E-state index >= 15 is 0 Å². The summed E-state index contributed by atoms with van der Waals surface area (Å²) in [5.74, 6) is 0. The molecule has 0 aromatic heterocycles. The van der Waals surface area contributed by atoms with E-state index < -0.39 is 39.5 Å². The van der Waals surface area contributed by atoms with Crippen molar-refractivity contribution >= 4 is 76.2 Å². The number of rotatable bonds is 12. The molecule has 2 heterocycles. The van der Waals surface area contributed by atoms with Gasteiger partial charge in [-0.3, -0.25) is 0 Å². The second-order valence-electron chi connectivity index (χ2n) is 17.4. The standard InChI is InChI=1S/2C28H20.2C4H9.2Sn/c2*1-5-13-23(14-6-1)21-27(25-17-9-3-10-18-25)28(26-19-11-4-12-20-26)22-24-15-7-2-8-16-24;2*1-3-4-2;;/h2*1-20H;2*3H,4H2,1-2H3;;. The van der Waals surface area contributed by atoms with Gasteiger partial charge < -0.3 is 0 Å². The molecule has 2 atom stereocenters. The minimum atomic E-state index is -2.34. The van der Waals surface area contributed by atoms with Crippen LogP contribution in [-0.4, -0.2) is 39.5 Å².